The number of nitrogens with one attached hydrogen (secondary N) is 2. The van der Waals surface area contributed by atoms with Crippen molar-refractivity contribution in [2.75, 3.05) is 11.4 Å². The third-order valence-electron chi connectivity index (χ3n) is 3.52. The Morgan fingerprint density at radius 2 is 2.10 bits per heavy atom. The maximum atomic E-state index is 12.0. The number of carbonyl (C=O) groups is 2. The summed E-state index contributed by atoms with van der Waals surface area (Å²) in [7, 11) is 0. The SMILES string of the molecule is CC[C@@H](C)NC(=O)N[C@@H]1CC(=O)N(c2ccccc2)C1. The van der Waals surface area contributed by atoms with Crippen LogP contribution in [0.2, 0.25) is 0 Å². The molecule has 5 heteroatoms. The predicted molar refractivity (Wildman–Crippen MR) is 78.6 cm³/mol. The average molecular weight is 275 g/mol. The van der Waals surface area contributed by atoms with Crippen molar-refractivity contribution in [3.63, 3.8) is 0 Å². The molecule has 1 saturated heterocycles. The number of para-hydroxylation sites is 1. The fourth-order valence-corrected chi connectivity index (χ4v) is 2.21. The second-order valence-corrected chi connectivity index (χ2v) is 5.17. The van der Waals surface area contributed by atoms with Gasteiger partial charge in [-0.3, -0.25) is 4.79 Å². The minimum atomic E-state index is -0.202. The molecule has 0 aliphatic carbocycles. The highest BCUT2D eigenvalue weighted by molar-refractivity contribution is 5.96. The van der Waals surface area contributed by atoms with E-state index >= 15 is 0 Å². The summed E-state index contributed by atoms with van der Waals surface area (Å²) in [6, 6.07) is 9.33. The van der Waals surface area contributed by atoms with Crippen LogP contribution in [0, 0.1) is 0 Å². The van der Waals surface area contributed by atoms with Crippen LogP contribution in [-0.2, 0) is 4.79 Å². The molecule has 1 aromatic rings. The van der Waals surface area contributed by atoms with Crippen molar-refractivity contribution in [2.24, 2.45) is 0 Å². The summed E-state index contributed by atoms with van der Waals surface area (Å²) in [5, 5.41) is 5.71. The Kier molecular flexibility index (Phi) is 4.61. The number of hydrogen-bond acceptors (Lipinski definition) is 2. The third-order valence-corrected chi connectivity index (χ3v) is 3.52. The lowest BCUT2D eigenvalue weighted by molar-refractivity contribution is -0.117. The van der Waals surface area contributed by atoms with Gasteiger partial charge in [0.1, 0.15) is 0 Å². The second-order valence-electron chi connectivity index (χ2n) is 5.17. The maximum absolute atomic E-state index is 12.0. The van der Waals surface area contributed by atoms with Crippen LogP contribution in [0.15, 0.2) is 30.3 Å². The molecule has 1 heterocycles. The number of urea groups is 1. The first-order valence-electron chi connectivity index (χ1n) is 7.02. The molecular weight excluding hydrogens is 254 g/mol. The first kappa shape index (κ1) is 14.4. The van der Waals surface area contributed by atoms with E-state index in [0.717, 1.165) is 12.1 Å². The van der Waals surface area contributed by atoms with Gasteiger partial charge in [-0.1, -0.05) is 25.1 Å². The van der Waals surface area contributed by atoms with Crippen molar-refractivity contribution in [2.45, 2.75) is 38.8 Å². The quantitative estimate of drug-likeness (QED) is 0.881. The molecule has 0 bridgehead atoms. The molecule has 5 nitrogen and oxygen atoms in total. The van der Waals surface area contributed by atoms with Crippen LogP contribution in [0.5, 0.6) is 0 Å². The fraction of sp³-hybridized carbons (Fsp3) is 0.467. The van der Waals surface area contributed by atoms with E-state index in [2.05, 4.69) is 10.6 Å². The fourth-order valence-electron chi connectivity index (χ4n) is 2.21. The molecule has 0 saturated carbocycles. The zero-order valence-electron chi connectivity index (χ0n) is 11.9. The van der Waals surface area contributed by atoms with Gasteiger partial charge in [0.2, 0.25) is 5.91 Å². The van der Waals surface area contributed by atoms with E-state index in [1.807, 2.05) is 44.2 Å². The van der Waals surface area contributed by atoms with E-state index in [-0.39, 0.29) is 24.0 Å². The number of anilines is 1. The van der Waals surface area contributed by atoms with Crippen LogP contribution in [0.4, 0.5) is 10.5 Å². The molecule has 2 rings (SSSR count). The molecule has 20 heavy (non-hydrogen) atoms. The molecule has 0 radical (unpaired) electrons. The number of rotatable bonds is 4. The number of benzene rings is 1. The van der Waals surface area contributed by atoms with Crippen molar-refractivity contribution < 1.29 is 9.59 Å². The van der Waals surface area contributed by atoms with Gasteiger partial charge < -0.3 is 15.5 Å². The van der Waals surface area contributed by atoms with Crippen molar-refractivity contribution in [3.8, 4) is 0 Å². The van der Waals surface area contributed by atoms with Crippen molar-refractivity contribution >= 4 is 17.6 Å². The summed E-state index contributed by atoms with van der Waals surface area (Å²) in [5.74, 6) is 0.0463. The summed E-state index contributed by atoms with van der Waals surface area (Å²) in [5.41, 5.74) is 0.879. The van der Waals surface area contributed by atoms with E-state index < -0.39 is 0 Å². The molecule has 1 aliphatic heterocycles. The number of amides is 3. The lowest BCUT2D eigenvalue weighted by atomic mass is 10.2. The Balaban J connectivity index is 1.91. The molecule has 1 aliphatic rings. The van der Waals surface area contributed by atoms with Crippen LogP contribution in [0.1, 0.15) is 26.7 Å². The summed E-state index contributed by atoms with van der Waals surface area (Å²) in [6.45, 7) is 4.49. The zero-order valence-corrected chi connectivity index (χ0v) is 11.9. The van der Waals surface area contributed by atoms with Crippen LogP contribution >= 0.6 is 0 Å². The van der Waals surface area contributed by atoms with Gasteiger partial charge in [0, 0.05) is 24.7 Å². The Hall–Kier alpha value is -2.04. The maximum Gasteiger partial charge on any atom is 0.315 e. The topological polar surface area (TPSA) is 61.4 Å². The van der Waals surface area contributed by atoms with Gasteiger partial charge in [-0.25, -0.2) is 4.79 Å². The Morgan fingerprint density at radius 1 is 1.40 bits per heavy atom. The molecular formula is C15H21N3O2. The number of hydrogen-bond donors (Lipinski definition) is 2. The smallest absolute Gasteiger partial charge is 0.315 e. The van der Waals surface area contributed by atoms with E-state index in [0.29, 0.717) is 13.0 Å². The van der Waals surface area contributed by atoms with Crippen molar-refractivity contribution in [1.82, 2.24) is 10.6 Å². The second kappa shape index (κ2) is 6.41. The van der Waals surface area contributed by atoms with Gasteiger partial charge in [0.25, 0.3) is 0 Å². The van der Waals surface area contributed by atoms with E-state index in [1.165, 1.54) is 0 Å². The van der Waals surface area contributed by atoms with Gasteiger partial charge in [-0.2, -0.15) is 0 Å². The molecule has 0 unspecified atom stereocenters. The summed E-state index contributed by atoms with van der Waals surface area (Å²) in [4.78, 5) is 25.5. The minimum Gasteiger partial charge on any atom is -0.336 e. The van der Waals surface area contributed by atoms with Gasteiger partial charge in [-0.05, 0) is 25.5 Å². The zero-order chi connectivity index (χ0) is 14.5. The van der Waals surface area contributed by atoms with E-state index in [9.17, 15) is 9.59 Å². The highest BCUT2D eigenvalue weighted by Gasteiger charge is 2.31. The predicted octanol–water partition coefficient (Wildman–Crippen LogP) is 1.89. The first-order valence-corrected chi connectivity index (χ1v) is 7.02. The first-order chi connectivity index (χ1) is 9.60. The van der Waals surface area contributed by atoms with Gasteiger partial charge in [0.15, 0.2) is 0 Å². The Labute approximate surface area is 119 Å². The lowest BCUT2D eigenvalue weighted by Gasteiger charge is -2.18. The van der Waals surface area contributed by atoms with E-state index in [1.54, 1.807) is 4.90 Å². The van der Waals surface area contributed by atoms with Crippen molar-refractivity contribution in [1.29, 1.82) is 0 Å². The normalized spacial score (nSPS) is 19.8. The minimum absolute atomic E-state index is 0.0463. The Bertz CT molecular complexity index is 475. The molecule has 1 aromatic carbocycles. The van der Waals surface area contributed by atoms with E-state index in [4.69, 9.17) is 0 Å². The molecule has 3 amide bonds. The highest BCUT2D eigenvalue weighted by atomic mass is 16.2. The molecule has 2 atom stereocenters. The number of carbonyl (C=O) groups excluding carboxylic acids is 2. The summed E-state index contributed by atoms with van der Waals surface area (Å²) in [6.07, 6.45) is 1.23. The van der Waals surface area contributed by atoms with Gasteiger partial charge >= 0.3 is 6.03 Å². The molecule has 1 fully saturated rings. The van der Waals surface area contributed by atoms with Crippen molar-refractivity contribution in [3.05, 3.63) is 30.3 Å². The largest absolute Gasteiger partial charge is 0.336 e. The van der Waals surface area contributed by atoms with Gasteiger partial charge in [0.05, 0.1) is 6.04 Å². The lowest BCUT2D eigenvalue weighted by Crippen LogP contribution is -2.46. The third kappa shape index (κ3) is 3.50. The van der Waals surface area contributed by atoms with Crippen LogP contribution in [0.3, 0.4) is 0 Å². The Morgan fingerprint density at radius 3 is 2.75 bits per heavy atom. The molecule has 0 spiro atoms. The van der Waals surface area contributed by atoms with Crippen LogP contribution in [0.25, 0.3) is 0 Å². The van der Waals surface area contributed by atoms with Crippen LogP contribution < -0.4 is 15.5 Å². The molecule has 2 N–H and O–H groups in total. The average Bonchev–Trinajstić information content (AvgIpc) is 2.80. The number of nitrogens with zero attached hydrogens (tertiary/aromatic N) is 1. The monoisotopic (exact) mass is 275 g/mol. The van der Waals surface area contributed by atoms with Crippen LogP contribution in [-0.4, -0.2) is 30.6 Å². The summed E-state index contributed by atoms with van der Waals surface area (Å²) >= 11 is 0. The molecule has 108 valence electrons. The molecule has 0 aromatic heterocycles. The summed E-state index contributed by atoms with van der Waals surface area (Å²) < 4.78 is 0. The highest BCUT2D eigenvalue weighted by Crippen LogP contribution is 2.20. The van der Waals surface area contributed by atoms with Gasteiger partial charge in [-0.15, -0.1) is 0 Å². The standard InChI is InChI=1S/C15H21N3O2/c1-3-11(2)16-15(20)17-12-9-14(19)18(10-12)13-7-5-4-6-8-13/h4-8,11-12H,3,9-10H2,1-2H3,(H2,16,17,20)/t11-,12-/m1/s1.